The molecular weight excluding hydrogens is 208 g/mol. The van der Waals surface area contributed by atoms with Crippen LogP contribution in [0.5, 0.6) is 0 Å². The molecule has 1 saturated carbocycles. The van der Waals surface area contributed by atoms with Crippen molar-refractivity contribution in [1.82, 2.24) is 4.90 Å². The van der Waals surface area contributed by atoms with E-state index < -0.39 is 0 Å². The zero-order chi connectivity index (χ0) is 12.1. The van der Waals surface area contributed by atoms with Gasteiger partial charge in [-0.15, -0.1) is 0 Å². The van der Waals surface area contributed by atoms with Gasteiger partial charge in [0, 0.05) is 12.1 Å². The van der Waals surface area contributed by atoms with Crippen LogP contribution in [0.15, 0.2) is 0 Å². The first-order valence-electron chi connectivity index (χ1n) is 7.76. The van der Waals surface area contributed by atoms with Crippen LogP contribution in [0.1, 0.15) is 64.7 Å². The number of piperidine rings is 1. The van der Waals surface area contributed by atoms with E-state index in [4.69, 9.17) is 5.73 Å². The second kappa shape index (κ2) is 6.19. The van der Waals surface area contributed by atoms with E-state index >= 15 is 0 Å². The van der Waals surface area contributed by atoms with E-state index in [1.165, 1.54) is 70.9 Å². The summed E-state index contributed by atoms with van der Waals surface area (Å²) in [5, 5.41) is 0. The van der Waals surface area contributed by atoms with Crippen molar-refractivity contribution in [2.45, 2.75) is 70.3 Å². The molecule has 0 amide bonds. The fourth-order valence-corrected chi connectivity index (χ4v) is 3.93. The summed E-state index contributed by atoms with van der Waals surface area (Å²) >= 11 is 0. The molecule has 0 spiro atoms. The predicted octanol–water partition coefficient (Wildman–Crippen LogP) is 3.16. The van der Waals surface area contributed by atoms with Gasteiger partial charge in [-0.2, -0.15) is 0 Å². The number of hydrogen-bond donors (Lipinski definition) is 1. The molecule has 0 aromatic heterocycles. The molecule has 0 radical (unpaired) electrons. The molecule has 2 fully saturated rings. The molecule has 0 aromatic rings. The molecular formula is C15H30N2. The number of likely N-dealkylation sites (tertiary alicyclic amines) is 1. The van der Waals surface area contributed by atoms with Gasteiger partial charge >= 0.3 is 0 Å². The third-order valence-corrected chi connectivity index (χ3v) is 5.14. The van der Waals surface area contributed by atoms with E-state index in [0.29, 0.717) is 5.54 Å². The van der Waals surface area contributed by atoms with E-state index in [-0.39, 0.29) is 0 Å². The van der Waals surface area contributed by atoms with Gasteiger partial charge in [0.2, 0.25) is 0 Å². The molecule has 1 aliphatic heterocycles. The molecule has 0 bridgehead atoms. The summed E-state index contributed by atoms with van der Waals surface area (Å²) < 4.78 is 0. The van der Waals surface area contributed by atoms with Crippen molar-refractivity contribution in [1.29, 1.82) is 0 Å². The van der Waals surface area contributed by atoms with Gasteiger partial charge in [-0.05, 0) is 57.5 Å². The molecule has 1 aliphatic carbocycles. The SMILES string of the molecule is CCCC1CCC(CN)(N2CCCCC2)CC1. The highest BCUT2D eigenvalue weighted by Crippen LogP contribution is 2.38. The Morgan fingerprint density at radius 2 is 1.76 bits per heavy atom. The van der Waals surface area contributed by atoms with Gasteiger partial charge in [-0.1, -0.05) is 26.2 Å². The van der Waals surface area contributed by atoms with Crippen LogP contribution in [0.3, 0.4) is 0 Å². The Hall–Kier alpha value is -0.0800. The largest absolute Gasteiger partial charge is 0.329 e. The number of nitrogens with zero attached hydrogens (tertiary/aromatic N) is 1. The average molecular weight is 238 g/mol. The monoisotopic (exact) mass is 238 g/mol. The molecule has 1 saturated heterocycles. The fraction of sp³-hybridized carbons (Fsp3) is 1.00. The zero-order valence-corrected chi connectivity index (χ0v) is 11.6. The van der Waals surface area contributed by atoms with Crippen LogP contribution in [-0.4, -0.2) is 30.1 Å². The van der Waals surface area contributed by atoms with Crippen molar-refractivity contribution in [3.8, 4) is 0 Å². The Balaban J connectivity index is 1.92. The molecule has 0 atom stereocenters. The Morgan fingerprint density at radius 3 is 2.29 bits per heavy atom. The van der Waals surface area contributed by atoms with Crippen LogP contribution in [0.4, 0.5) is 0 Å². The van der Waals surface area contributed by atoms with Crippen molar-refractivity contribution < 1.29 is 0 Å². The third-order valence-electron chi connectivity index (χ3n) is 5.14. The normalized spacial score (nSPS) is 36.0. The quantitative estimate of drug-likeness (QED) is 0.815. The topological polar surface area (TPSA) is 29.3 Å². The van der Waals surface area contributed by atoms with Crippen molar-refractivity contribution in [3.63, 3.8) is 0 Å². The molecule has 2 N–H and O–H groups in total. The molecule has 2 heteroatoms. The first kappa shape index (κ1) is 13.4. The van der Waals surface area contributed by atoms with Gasteiger partial charge in [-0.3, -0.25) is 4.90 Å². The Morgan fingerprint density at radius 1 is 1.12 bits per heavy atom. The molecule has 0 aromatic carbocycles. The first-order chi connectivity index (χ1) is 8.30. The molecule has 2 aliphatic rings. The minimum Gasteiger partial charge on any atom is -0.329 e. The van der Waals surface area contributed by atoms with E-state index in [9.17, 15) is 0 Å². The van der Waals surface area contributed by atoms with E-state index in [1.807, 2.05) is 0 Å². The maximum atomic E-state index is 6.15. The van der Waals surface area contributed by atoms with Crippen molar-refractivity contribution in [2.75, 3.05) is 19.6 Å². The average Bonchev–Trinajstić information content (AvgIpc) is 2.41. The van der Waals surface area contributed by atoms with Crippen molar-refractivity contribution >= 4 is 0 Å². The minimum absolute atomic E-state index is 0.380. The van der Waals surface area contributed by atoms with Gasteiger partial charge < -0.3 is 5.73 Å². The number of nitrogens with two attached hydrogens (primary N) is 1. The standard InChI is InChI=1S/C15H30N2/c1-2-6-14-7-9-15(13-16,10-8-14)17-11-4-3-5-12-17/h14H,2-13,16H2,1H3. The van der Waals surface area contributed by atoms with Gasteiger partial charge in [0.1, 0.15) is 0 Å². The lowest BCUT2D eigenvalue weighted by Crippen LogP contribution is -2.57. The van der Waals surface area contributed by atoms with Crippen molar-refractivity contribution in [2.24, 2.45) is 11.7 Å². The van der Waals surface area contributed by atoms with Gasteiger partial charge in [-0.25, -0.2) is 0 Å². The van der Waals surface area contributed by atoms with Gasteiger partial charge in [0.25, 0.3) is 0 Å². The summed E-state index contributed by atoms with van der Waals surface area (Å²) in [4.78, 5) is 2.73. The maximum absolute atomic E-state index is 6.15. The summed E-state index contributed by atoms with van der Waals surface area (Å²) in [7, 11) is 0. The van der Waals surface area contributed by atoms with Gasteiger partial charge in [0.05, 0.1) is 0 Å². The van der Waals surface area contributed by atoms with Crippen LogP contribution in [0.25, 0.3) is 0 Å². The predicted molar refractivity (Wildman–Crippen MR) is 74.1 cm³/mol. The lowest BCUT2D eigenvalue weighted by atomic mass is 9.73. The van der Waals surface area contributed by atoms with Gasteiger partial charge in [0.15, 0.2) is 0 Å². The van der Waals surface area contributed by atoms with Crippen LogP contribution < -0.4 is 5.73 Å². The van der Waals surface area contributed by atoms with Crippen LogP contribution in [0.2, 0.25) is 0 Å². The highest BCUT2D eigenvalue weighted by molar-refractivity contribution is 4.96. The van der Waals surface area contributed by atoms with Crippen LogP contribution in [0, 0.1) is 5.92 Å². The summed E-state index contributed by atoms with van der Waals surface area (Å²) in [5.41, 5.74) is 6.53. The molecule has 100 valence electrons. The maximum Gasteiger partial charge on any atom is 0.0331 e. The smallest absolute Gasteiger partial charge is 0.0331 e. The lowest BCUT2D eigenvalue weighted by Gasteiger charge is -2.49. The van der Waals surface area contributed by atoms with E-state index in [2.05, 4.69) is 11.8 Å². The molecule has 17 heavy (non-hydrogen) atoms. The lowest BCUT2D eigenvalue weighted by molar-refractivity contribution is 0.0264. The number of rotatable bonds is 4. The van der Waals surface area contributed by atoms with E-state index in [0.717, 1.165) is 12.5 Å². The summed E-state index contributed by atoms with van der Waals surface area (Å²) in [6.07, 6.45) is 12.5. The second-order valence-electron chi connectivity index (χ2n) is 6.21. The first-order valence-corrected chi connectivity index (χ1v) is 7.76. The molecule has 2 nitrogen and oxygen atoms in total. The zero-order valence-electron chi connectivity index (χ0n) is 11.6. The minimum atomic E-state index is 0.380. The van der Waals surface area contributed by atoms with E-state index in [1.54, 1.807) is 0 Å². The number of hydrogen-bond acceptors (Lipinski definition) is 2. The third kappa shape index (κ3) is 3.03. The van der Waals surface area contributed by atoms with Crippen LogP contribution in [-0.2, 0) is 0 Å². The Labute approximate surface area is 107 Å². The Bertz CT molecular complexity index is 213. The Kier molecular flexibility index (Phi) is 4.87. The molecule has 2 rings (SSSR count). The summed E-state index contributed by atoms with van der Waals surface area (Å²) in [6, 6.07) is 0. The highest BCUT2D eigenvalue weighted by Gasteiger charge is 2.39. The van der Waals surface area contributed by atoms with Crippen LogP contribution >= 0.6 is 0 Å². The second-order valence-corrected chi connectivity index (χ2v) is 6.21. The highest BCUT2D eigenvalue weighted by atomic mass is 15.2. The summed E-state index contributed by atoms with van der Waals surface area (Å²) in [5.74, 6) is 0.990. The fourth-order valence-electron chi connectivity index (χ4n) is 3.93. The summed E-state index contributed by atoms with van der Waals surface area (Å²) in [6.45, 7) is 5.80. The van der Waals surface area contributed by atoms with Crippen molar-refractivity contribution in [3.05, 3.63) is 0 Å². The molecule has 0 unspecified atom stereocenters. The molecule has 1 heterocycles.